The van der Waals surface area contributed by atoms with E-state index >= 15 is 0 Å². The molecule has 1 radical (unpaired) electrons. The van der Waals surface area contributed by atoms with Crippen LogP contribution in [-0.4, -0.2) is 12.1 Å². The van der Waals surface area contributed by atoms with Gasteiger partial charge in [0.25, 0.3) is 0 Å². The Balaban J connectivity index is 2.15. The Labute approximate surface area is 64.2 Å². The monoisotopic (exact) mass is 140 g/mol. The van der Waals surface area contributed by atoms with Crippen LogP contribution in [0.3, 0.4) is 0 Å². The van der Waals surface area contributed by atoms with Crippen molar-refractivity contribution in [1.29, 1.82) is 0 Å². The van der Waals surface area contributed by atoms with E-state index in [-0.39, 0.29) is 0 Å². The zero-order chi connectivity index (χ0) is 7.40. The van der Waals surface area contributed by atoms with Crippen molar-refractivity contribution < 1.29 is 0 Å². The lowest BCUT2D eigenvalue weighted by Gasteiger charge is -2.10. The van der Waals surface area contributed by atoms with Gasteiger partial charge in [-0.1, -0.05) is 20.3 Å². The lowest BCUT2D eigenvalue weighted by molar-refractivity contribution is 0.507. The zero-order valence-electron chi connectivity index (χ0n) is 6.90. The van der Waals surface area contributed by atoms with Crippen LogP contribution in [0, 0.1) is 6.92 Å². The predicted octanol–water partition coefficient (Wildman–Crippen LogP) is 2.13. The minimum absolute atomic E-state index is 0.719. The van der Waals surface area contributed by atoms with Crippen LogP contribution in [-0.2, 0) is 0 Å². The van der Waals surface area contributed by atoms with Crippen molar-refractivity contribution >= 4 is 0 Å². The molecular formula is C9H18N. The Morgan fingerprint density at radius 3 is 2.60 bits per heavy atom. The molecule has 10 heavy (non-hydrogen) atoms. The molecular weight excluding hydrogens is 122 g/mol. The van der Waals surface area contributed by atoms with E-state index in [0.29, 0.717) is 0 Å². The van der Waals surface area contributed by atoms with E-state index in [4.69, 9.17) is 0 Å². The van der Waals surface area contributed by atoms with Gasteiger partial charge in [0, 0.05) is 12.1 Å². The summed E-state index contributed by atoms with van der Waals surface area (Å²) in [5, 5.41) is 3.58. The van der Waals surface area contributed by atoms with Gasteiger partial charge in [0.2, 0.25) is 0 Å². The molecule has 1 fully saturated rings. The highest BCUT2D eigenvalue weighted by molar-refractivity contribution is 4.83. The van der Waals surface area contributed by atoms with Gasteiger partial charge in [-0.2, -0.15) is 0 Å². The maximum absolute atomic E-state index is 3.90. The Kier molecular flexibility index (Phi) is 3.20. The van der Waals surface area contributed by atoms with Crippen LogP contribution in [0.1, 0.15) is 39.0 Å². The third-order valence-electron chi connectivity index (χ3n) is 2.32. The second-order valence-electron chi connectivity index (χ2n) is 3.22. The average Bonchev–Trinajstić information content (AvgIpc) is 2.37. The highest BCUT2D eigenvalue weighted by Crippen LogP contribution is 2.17. The highest BCUT2D eigenvalue weighted by Gasteiger charge is 2.20. The molecule has 0 aromatic heterocycles. The van der Waals surface area contributed by atoms with Crippen LogP contribution in [0.4, 0.5) is 0 Å². The average molecular weight is 140 g/mol. The minimum atomic E-state index is 0.719. The Morgan fingerprint density at radius 1 is 1.40 bits per heavy atom. The van der Waals surface area contributed by atoms with Gasteiger partial charge in [-0.25, -0.2) is 0 Å². The summed E-state index contributed by atoms with van der Waals surface area (Å²) in [6.07, 6.45) is 6.42. The highest BCUT2D eigenvalue weighted by atomic mass is 15.0. The molecule has 1 aliphatic heterocycles. The van der Waals surface area contributed by atoms with Gasteiger partial charge < -0.3 is 5.32 Å². The van der Waals surface area contributed by atoms with Crippen LogP contribution in [0.15, 0.2) is 0 Å². The third kappa shape index (κ3) is 1.98. The van der Waals surface area contributed by atoms with Crippen LogP contribution < -0.4 is 5.32 Å². The summed E-state index contributed by atoms with van der Waals surface area (Å²) in [6, 6.07) is 1.52. The van der Waals surface area contributed by atoms with Gasteiger partial charge in [0.1, 0.15) is 0 Å². The van der Waals surface area contributed by atoms with Crippen molar-refractivity contribution in [1.82, 2.24) is 5.32 Å². The lowest BCUT2D eigenvalue weighted by atomic mass is 10.1. The molecule has 0 aromatic carbocycles. The summed E-state index contributed by atoms with van der Waals surface area (Å²) in [7, 11) is 0. The maximum atomic E-state index is 3.90. The van der Waals surface area contributed by atoms with Crippen LogP contribution in [0.5, 0.6) is 0 Å². The van der Waals surface area contributed by atoms with Crippen molar-refractivity contribution in [2.45, 2.75) is 51.1 Å². The van der Waals surface area contributed by atoms with E-state index in [1.165, 1.54) is 25.7 Å². The Bertz CT molecular complexity index is 90.7. The first kappa shape index (κ1) is 8.06. The maximum Gasteiger partial charge on any atom is 0.00702 e. The van der Waals surface area contributed by atoms with E-state index in [1.807, 2.05) is 0 Å². The van der Waals surface area contributed by atoms with Crippen LogP contribution in [0.2, 0.25) is 0 Å². The molecule has 0 amide bonds. The van der Waals surface area contributed by atoms with Gasteiger partial charge in [-0.3, -0.25) is 0 Å². The quantitative estimate of drug-likeness (QED) is 0.633. The molecule has 2 unspecified atom stereocenters. The fourth-order valence-electron chi connectivity index (χ4n) is 1.71. The van der Waals surface area contributed by atoms with Gasteiger partial charge in [-0.15, -0.1) is 0 Å². The third-order valence-corrected chi connectivity index (χ3v) is 2.32. The first-order valence-corrected chi connectivity index (χ1v) is 4.42. The Morgan fingerprint density at radius 2 is 2.10 bits per heavy atom. The van der Waals surface area contributed by atoms with Gasteiger partial charge >= 0.3 is 0 Å². The largest absolute Gasteiger partial charge is 0.311 e. The summed E-state index contributed by atoms with van der Waals surface area (Å²) in [6.45, 7) is 6.15. The van der Waals surface area contributed by atoms with Crippen molar-refractivity contribution in [2.24, 2.45) is 0 Å². The number of rotatable bonds is 3. The van der Waals surface area contributed by atoms with E-state index < -0.39 is 0 Å². The minimum Gasteiger partial charge on any atom is -0.311 e. The second kappa shape index (κ2) is 3.97. The molecule has 1 N–H and O–H groups in total. The lowest BCUT2D eigenvalue weighted by Crippen LogP contribution is -2.28. The number of hydrogen-bond donors (Lipinski definition) is 1. The summed E-state index contributed by atoms with van der Waals surface area (Å²) >= 11 is 0. The van der Waals surface area contributed by atoms with Gasteiger partial charge in [0.05, 0.1) is 0 Å². The van der Waals surface area contributed by atoms with Gasteiger partial charge in [0.15, 0.2) is 0 Å². The molecule has 1 nitrogen and oxygen atoms in total. The SMILES string of the molecule is [CH2]CC1CCC(CCC)N1. The standard InChI is InChI=1S/C9H18N/c1-3-5-9-7-6-8(4-2)10-9/h8-10H,2-7H2,1H3. The van der Waals surface area contributed by atoms with Crippen molar-refractivity contribution in [3.05, 3.63) is 6.92 Å². The van der Waals surface area contributed by atoms with E-state index in [0.717, 1.165) is 18.5 Å². The molecule has 0 bridgehead atoms. The zero-order valence-corrected chi connectivity index (χ0v) is 6.90. The van der Waals surface area contributed by atoms with E-state index in [2.05, 4.69) is 19.2 Å². The topological polar surface area (TPSA) is 12.0 Å². The molecule has 1 rings (SSSR count). The fourth-order valence-corrected chi connectivity index (χ4v) is 1.71. The van der Waals surface area contributed by atoms with Gasteiger partial charge in [-0.05, 0) is 25.7 Å². The molecule has 0 spiro atoms. The van der Waals surface area contributed by atoms with Crippen LogP contribution >= 0.6 is 0 Å². The molecule has 59 valence electrons. The number of hydrogen-bond acceptors (Lipinski definition) is 1. The second-order valence-corrected chi connectivity index (χ2v) is 3.22. The summed E-state index contributed by atoms with van der Waals surface area (Å²) in [4.78, 5) is 0. The predicted molar refractivity (Wildman–Crippen MR) is 44.8 cm³/mol. The molecule has 0 saturated carbocycles. The Hall–Kier alpha value is -0.0400. The molecule has 1 saturated heterocycles. The summed E-state index contributed by atoms with van der Waals surface area (Å²) in [5.41, 5.74) is 0. The molecule has 1 heteroatoms. The summed E-state index contributed by atoms with van der Waals surface area (Å²) in [5.74, 6) is 0. The molecule has 0 aromatic rings. The normalized spacial score (nSPS) is 33.0. The van der Waals surface area contributed by atoms with Crippen molar-refractivity contribution in [2.75, 3.05) is 0 Å². The first-order chi connectivity index (χ1) is 4.86. The first-order valence-electron chi connectivity index (χ1n) is 4.42. The van der Waals surface area contributed by atoms with Crippen LogP contribution in [0.25, 0.3) is 0 Å². The number of nitrogens with one attached hydrogen (secondary N) is 1. The molecule has 1 aliphatic rings. The van der Waals surface area contributed by atoms with Crippen molar-refractivity contribution in [3.63, 3.8) is 0 Å². The summed E-state index contributed by atoms with van der Waals surface area (Å²) < 4.78 is 0. The van der Waals surface area contributed by atoms with E-state index in [1.54, 1.807) is 0 Å². The molecule has 0 aliphatic carbocycles. The fraction of sp³-hybridized carbons (Fsp3) is 0.889. The smallest absolute Gasteiger partial charge is 0.00702 e. The van der Waals surface area contributed by atoms with E-state index in [9.17, 15) is 0 Å². The molecule has 2 atom stereocenters. The van der Waals surface area contributed by atoms with Crippen molar-refractivity contribution in [3.8, 4) is 0 Å². The molecule has 1 heterocycles.